The molecule has 1 aromatic rings. The standard InChI is InChI=1S/C18H27NO2/c1-7-13(3)19-16-9-17(21-6)14(11-20)8-15(16)12(2)10-18(19,4)5/h8-9,11-13H,7,10H2,1-6H3/t12-,13-/m1/s1. The Morgan fingerprint density at radius 2 is 2.14 bits per heavy atom. The summed E-state index contributed by atoms with van der Waals surface area (Å²) in [6.45, 7) is 11.3. The van der Waals surface area contributed by atoms with E-state index in [1.54, 1.807) is 7.11 Å². The van der Waals surface area contributed by atoms with Gasteiger partial charge < -0.3 is 9.64 Å². The number of hydrogen-bond donors (Lipinski definition) is 0. The first-order valence-electron chi connectivity index (χ1n) is 7.82. The SMILES string of the molecule is CC[C@@H](C)N1c2cc(OC)c(C=O)cc2[C@H](C)CC1(C)C. The molecule has 0 aliphatic carbocycles. The summed E-state index contributed by atoms with van der Waals surface area (Å²) in [4.78, 5) is 13.8. The van der Waals surface area contributed by atoms with E-state index < -0.39 is 0 Å². The zero-order valence-corrected chi connectivity index (χ0v) is 14.1. The lowest BCUT2D eigenvalue weighted by Crippen LogP contribution is -2.52. The Labute approximate surface area is 128 Å². The predicted octanol–water partition coefficient (Wildman–Crippen LogP) is 4.40. The van der Waals surface area contributed by atoms with Crippen molar-refractivity contribution in [3.05, 3.63) is 23.3 Å². The molecule has 21 heavy (non-hydrogen) atoms. The average molecular weight is 289 g/mol. The van der Waals surface area contributed by atoms with Crippen molar-refractivity contribution < 1.29 is 9.53 Å². The lowest BCUT2D eigenvalue weighted by Gasteiger charge is -2.50. The van der Waals surface area contributed by atoms with Crippen LogP contribution < -0.4 is 9.64 Å². The van der Waals surface area contributed by atoms with E-state index in [0.29, 0.717) is 23.3 Å². The Morgan fingerprint density at radius 3 is 2.67 bits per heavy atom. The third kappa shape index (κ3) is 2.66. The molecule has 0 amide bonds. The zero-order valence-electron chi connectivity index (χ0n) is 14.1. The normalized spacial score (nSPS) is 21.6. The van der Waals surface area contributed by atoms with Gasteiger partial charge in [-0.25, -0.2) is 0 Å². The maximum absolute atomic E-state index is 11.3. The number of fused-ring (bicyclic) bond motifs is 1. The molecule has 0 bridgehead atoms. The quantitative estimate of drug-likeness (QED) is 0.769. The fourth-order valence-electron chi connectivity index (χ4n) is 3.78. The Balaban J connectivity index is 2.66. The lowest BCUT2D eigenvalue weighted by molar-refractivity contribution is 0.112. The summed E-state index contributed by atoms with van der Waals surface area (Å²) < 4.78 is 5.41. The molecule has 0 N–H and O–H groups in total. The predicted molar refractivity (Wildman–Crippen MR) is 87.7 cm³/mol. The van der Waals surface area contributed by atoms with Crippen LogP contribution in [0.3, 0.4) is 0 Å². The van der Waals surface area contributed by atoms with Crippen LogP contribution in [-0.4, -0.2) is 25.0 Å². The largest absolute Gasteiger partial charge is 0.496 e. The summed E-state index contributed by atoms with van der Waals surface area (Å²) in [5, 5.41) is 0. The van der Waals surface area contributed by atoms with Crippen molar-refractivity contribution in [3.63, 3.8) is 0 Å². The van der Waals surface area contributed by atoms with Crippen LogP contribution in [0.2, 0.25) is 0 Å². The molecule has 1 aliphatic rings. The number of ether oxygens (including phenoxy) is 1. The van der Waals surface area contributed by atoms with Gasteiger partial charge in [0.2, 0.25) is 0 Å². The van der Waals surface area contributed by atoms with Gasteiger partial charge in [-0.05, 0) is 51.2 Å². The fraction of sp³-hybridized carbons (Fsp3) is 0.611. The van der Waals surface area contributed by atoms with Crippen molar-refractivity contribution in [1.29, 1.82) is 0 Å². The molecule has 0 spiro atoms. The monoisotopic (exact) mass is 289 g/mol. The van der Waals surface area contributed by atoms with Crippen molar-refractivity contribution in [3.8, 4) is 5.75 Å². The molecule has 0 fully saturated rings. The van der Waals surface area contributed by atoms with Crippen molar-refractivity contribution in [1.82, 2.24) is 0 Å². The number of rotatable bonds is 4. The van der Waals surface area contributed by atoms with E-state index in [-0.39, 0.29) is 5.54 Å². The molecular formula is C18H27NO2. The first-order chi connectivity index (χ1) is 9.85. The van der Waals surface area contributed by atoms with Crippen LogP contribution in [0.15, 0.2) is 12.1 Å². The first-order valence-corrected chi connectivity index (χ1v) is 7.82. The summed E-state index contributed by atoms with van der Waals surface area (Å²) in [5.41, 5.74) is 3.23. The number of benzene rings is 1. The Bertz CT molecular complexity index is 536. The highest BCUT2D eigenvalue weighted by molar-refractivity contribution is 5.82. The average Bonchev–Trinajstić information content (AvgIpc) is 2.44. The van der Waals surface area contributed by atoms with Gasteiger partial charge in [0.15, 0.2) is 6.29 Å². The maximum Gasteiger partial charge on any atom is 0.153 e. The van der Waals surface area contributed by atoms with Crippen molar-refractivity contribution in [2.75, 3.05) is 12.0 Å². The van der Waals surface area contributed by atoms with Gasteiger partial charge in [0.1, 0.15) is 5.75 Å². The van der Waals surface area contributed by atoms with E-state index >= 15 is 0 Å². The van der Waals surface area contributed by atoms with E-state index in [0.717, 1.165) is 19.1 Å². The van der Waals surface area contributed by atoms with Gasteiger partial charge in [0.25, 0.3) is 0 Å². The molecule has 1 heterocycles. The van der Waals surface area contributed by atoms with Gasteiger partial charge in [-0.15, -0.1) is 0 Å². The summed E-state index contributed by atoms with van der Waals surface area (Å²) in [5.74, 6) is 1.11. The number of aldehydes is 1. The van der Waals surface area contributed by atoms with E-state index in [1.807, 2.05) is 12.1 Å². The Morgan fingerprint density at radius 1 is 1.48 bits per heavy atom. The van der Waals surface area contributed by atoms with Crippen LogP contribution in [0.25, 0.3) is 0 Å². The molecule has 0 radical (unpaired) electrons. The van der Waals surface area contributed by atoms with Gasteiger partial charge in [-0.3, -0.25) is 4.79 Å². The Hall–Kier alpha value is -1.51. The third-order valence-corrected chi connectivity index (χ3v) is 4.79. The second-order valence-corrected chi connectivity index (χ2v) is 6.82. The number of hydrogen-bond acceptors (Lipinski definition) is 3. The molecule has 2 rings (SSSR count). The molecule has 116 valence electrons. The number of methoxy groups -OCH3 is 1. The van der Waals surface area contributed by atoms with Crippen LogP contribution in [0.5, 0.6) is 5.75 Å². The van der Waals surface area contributed by atoms with Gasteiger partial charge in [-0.1, -0.05) is 13.8 Å². The van der Waals surface area contributed by atoms with Gasteiger partial charge in [0, 0.05) is 23.3 Å². The van der Waals surface area contributed by atoms with Crippen LogP contribution in [0.1, 0.15) is 69.3 Å². The minimum atomic E-state index is 0.107. The highest BCUT2D eigenvalue weighted by atomic mass is 16.5. The van der Waals surface area contributed by atoms with Crippen LogP contribution >= 0.6 is 0 Å². The first kappa shape index (κ1) is 15.9. The smallest absolute Gasteiger partial charge is 0.153 e. The topological polar surface area (TPSA) is 29.5 Å². The summed E-state index contributed by atoms with van der Waals surface area (Å²) >= 11 is 0. The van der Waals surface area contributed by atoms with E-state index in [2.05, 4.69) is 39.5 Å². The lowest BCUT2D eigenvalue weighted by atomic mass is 9.78. The number of carbonyl (C=O) groups excluding carboxylic acids is 1. The van der Waals surface area contributed by atoms with E-state index in [1.165, 1.54) is 11.3 Å². The van der Waals surface area contributed by atoms with Gasteiger partial charge in [0.05, 0.1) is 12.7 Å². The highest BCUT2D eigenvalue weighted by Crippen LogP contribution is 2.46. The van der Waals surface area contributed by atoms with E-state index in [9.17, 15) is 4.79 Å². The van der Waals surface area contributed by atoms with Crippen molar-refractivity contribution in [2.45, 2.75) is 65.0 Å². The van der Waals surface area contributed by atoms with Crippen LogP contribution in [-0.2, 0) is 0 Å². The third-order valence-electron chi connectivity index (χ3n) is 4.79. The molecule has 1 aliphatic heterocycles. The van der Waals surface area contributed by atoms with Crippen molar-refractivity contribution in [2.24, 2.45) is 0 Å². The number of anilines is 1. The van der Waals surface area contributed by atoms with E-state index in [4.69, 9.17) is 4.74 Å². The molecule has 0 saturated heterocycles. The highest BCUT2D eigenvalue weighted by Gasteiger charge is 2.38. The Kier molecular flexibility index (Phi) is 4.31. The van der Waals surface area contributed by atoms with Crippen molar-refractivity contribution >= 4 is 12.0 Å². The minimum Gasteiger partial charge on any atom is -0.496 e. The van der Waals surface area contributed by atoms with Crippen LogP contribution in [0.4, 0.5) is 5.69 Å². The maximum atomic E-state index is 11.3. The molecule has 2 atom stereocenters. The molecular weight excluding hydrogens is 262 g/mol. The molecule has 0 saturated carbocycles. The number of carbonyl (C=O) groups is 1. The molecule has 0 unspecified atom stereocenters. The summed E-state index contributed by atoms with van der Waals surface area (Å²) in [6.07, 6.45) is 3.07. The van der Waals surface area contributed by atoms with Gasteiger partial charge in [-0.2, -0.15) is 0 Å². The molecule has 1 aromatic carbocycles. The van der Waals surface area contributed by atoms with Gasteiger partial charge >= 0.3 is 0 Å². The second-order valence-electron chi connectivity index (χ2n) is 6.82. The van der Waals surface area contributed by atoms with Crippen LogP contribution in [0, 0.1) is 0 Å². The zero-order chi connectivity index (χ0) is 15.8. The molecule has 0 aromatic heterocycles. The summed E-state index contributed by atoms with van der Waals surface area (Å²) in [7, 11) is 1.62. The minimum absolute atomic E-state index is 0.107. The number of nitrogens with zero attached hydrogens (tertiary/aromatic N) is 1. The molecule has 3 heteroatoms. The summed E-state index contributed by atoms with van der Waals surface area (Å²) in [6, 6.07) is 4.51. The fourth-order valence-corrected chi connectivity index (χ4v) is 3.78. The molecule has 3 nitrogen and oxygen atoms in total. The second kappa shape index (κ2) is 5.70.